The van der Waals surface area contributed by atoms with E-state index in [9.17, 15) is 61.0 Å². The van der Waals surface area contributed by atoms with Gasteiger partial charge in [-0.25, -0.2) is 0 Å². The highest BCUT2D eigenvalue weighted by molar-refractivity contribution is 5.80. The number of allylic oxidation sites excluding steroid dienone is 2. The molecule has 4 saturated carbocycles. The molecule has 0 bridgehead atoms. The van der Waals surface area contributed by atoms with Gasteiger partial charge in [-0.3, -0.25) is 4.79 Å². The Labute approximate surface area is 380 Å². The molecule has 0 aromatic carbocycles. The Balaban J connectivity index is 1.02. The van der Waals surface area contributed by atoms with E-state index in [1.54, 1.807) is 0 Å². The number of carbonyl (C=O) groups is 1. The number of esters is 1. The molecule has 18 nitrogen and oxygen atoms in total. The molecule has 3 saturated heterocycles. The number of carbonyl (C=O) groups excluding carboxylic acids is 1. The van der Waals surface area contributed by atoms with E-state index in [-0.39, 0.29) is 40.8 Å². The van der Waals surface area contributed by atoms with Crippen LogP contribution in [-0.2, 0) is 33.2 Å². The van der Waals surface area contributed by atoms with Gasteiger partial charge in [0.2, 0.25) is 6.29 Å². The fourth-order valence-corrected chi connectivity index (χ4v) is 14.9. The van der Waals surface area contributed by atoms with Gasteiger partial charge in [0.05, 0.1) is 32.0 Å². The second-order valence-corrected chi connectivity index (χ2v) is 23.1. The van der Waals surface area contributed by atoms with Crippen molar-refractivity contribution in [1.29, 1.82) is 0 Å². The highest BCUT2D eigenvalue weighted by Crippen LogP contribution is 2.76. The van der Waals surface area contributed by atoms with E-state index in [1.165, 1.54) is 0 Å². The molecule has 0 spiro atoms. The molecule has 372 valence electrons. The van der Waals surface area contributed by atoms with Gasteiger partial charge in [0.1, 0.15) is 72.6 Å². The van der Waals surface area contributed by atoms with Crippen LogP contribution in [0.3, 0.4) is 0 Å². The van der Waals surface area contributed by atoms with Crippen molar-refractivity contribution in [3.63, 3.8) is 0 Å². The molecule has 23 atom stereocenters. The Kier molecular flexibility index (Phi) is 13.4. The van der Waals surface area contributed by atoms with Crippen LogP contribution in [0, 0.1) is 50.2 Å². The van der Waals surface area contributed by atoms with Crippen molar-refractivity contribution in [3.05, 3.63) is 11.6 Å². The van der Waals surface area contributed by atoms with Crippen molar-refractivity contribution < 1.29 is 89.4 Å². The number of rotatable bonds is 8. The summed E-state index contributed by atoms with van der Waals surface area (Å²) < 4.78 is 35.4. The predicted octanol–water partition coefficient (Wildman–Crippen LogP) is -0.250. The first kappa shape index (κ1) is 50.0. The van der Waals surface area contributed by atoms with Crippen LogP contribution in [0.5, 0.6) is 0 Å². The molecule has 7 fully saturated rings. The van der Waals surface area contributed by atoms with Gasteiger partial charge in [0.25, 0.3) is 0 Å². The lowest BCUT2D eigenvalue weighted by molar-refractivity contribution is -0.357. The van der Waals surface area contributed by atoms with Crippen LogP contribution in [0.2, 0.25) is 0 Å². The summed E-state index contributed by atoms with van der Waals surface area (Å²) in [7, 11) is 0. The molecular formula is C47H76O18. The molecule has 65 heavy (non-hydrogen) atoms. The van der Waals surface area contributed by atoms with Gasteiger partial charge in [-0.2, -0.15) is 0 Å². The first-order chi connectivity index (χ1) is 30.3. The third kappa shape index (κ3) is 7.71. The van der Waals surface area contributed by atoms with E-state index in [0.29, 0.717) is 32.1 Å². The van der Waals surface area contributed by atoms with Crippen LogP contribution in [0.4, 0.5) is 0 Å². The molecule has 18 heteroatoms. The molecule has 0 aromatic heterocycles. The second-order valence-electron chi connectivity index (χ2n) is 23.1. The number of ether oxygens (including phenoxy) is 6. The van der Waals surface area contributed by atoms with Crippen molar-refractivity contribution in [2.45, 2.75) is 204 Å². The second kappa shape index (κ2) is 17.5. The van der Waals surface area contributed by atoms with Crippen LogP contribution in [-0.4, -0.2) is 180 Å². The summed E-state index contributed by atoms with van der Waals surface area (Å²) in [6.45, 7) is 14.1. The maximum Gasteiger partial charge on any atom is 0.317 e. The molecule has 8 aliphatic rings. The van der Waals surface area contributed by atoms with E-state index in [1.807, 2.05) is 0 Å². The first-order valence-corrected chi connectivity index (χ1v) is 23.8. The summed E-state index contributed by atoms with van der Waals surface area (Å²) >= 11 is 0. The predicted molar refractivity (Wildman–Crippen MR) is 226 cm³/mol. The normalized spacial score (nSPS) is 53.9. The fourth-order valence-electron chi connectivity index (χ4n) is 14.9. The van der Waals surface area contributed by atoms with E-state index in [2.05, 4.69) is 54.5 Å². The van der Waals surface area contributed by atoms with Crippen molar-refractivity contribution >= 4 is 5.97 Å². The third-order valence-corrected chi connectivity index (χ3v) is 18.9. The SMILES string of the molecule is CC1(C)CC[C@]2(C(=O)O[C@H]3O[C@H](CO)[C@@H](O)[C@H](O)[C@H]3O)[C@H](O)C[C@]3(C)C(=CC[C@@H]4[C@@]5(C)CC[C@H](O[C@@H]6OC[C@H](O)[C@H](O[C@@H]7O[C@H](CO)[C@@H](O)[C@H](O)[C@H]7O)[C@H]6O)C(C)(C)[C@@H]5CC[C@]43C)[C@@H]2C1. The Morgan fingerprint density at radius 2 is 1.29 bits per heavy atom. The Morgan fingerprint density at radius 3 is 1.92 bits per heavy atom. The minimum atomic E-state index is -1.77. The lowest BCUT2D eigenvalue weighted by Gasteiger charge is -2.71. The maximum absolute atomic E-state index is 14.7. The molecule has 0 radical (unpaired) electrons. The van der Waals surface area contributed by atoms with Gasteiger partial charge >= 0.3 is 5.97 Å². The molecule has 5 aliphatic carbocycles. The van der Waals surface area contributed by atoms with Crippen molar-refractivity contribution in [3.8, 4) is 0 Å². The average molecular weight is 929 g/mol. The molecule has 3 heterocycles. The zero-order chi connectivity index (χ0) is 47.6. The van der Waals surface area contributed by atoms with E-state index in [0.717, 1.165) is 31.3 Å². The summed E-state index contributed by atoms with van der Waals surface area (Å²) in [5, 5.41) is 117. The number of hydrogen-bond donors (Lipinski definition) is 11. The third-order valence-electron chi connectivity index (χ3n) is 18.9. The Bertz CT molecular complexity index is 1770. The zero-order valence-electron chi connectivity index (χ0n) is 38.8. The summed E-state index contributed by atoms with van der Waals surface area (Å²) in [6.07, 6.45) is -14.8. The smallest absolute Gasteiger partial charge is 0.317 e. The largest absolute Gasteiger partial charge is 0.432 e. The van der Waals surface area contributed by atoms with Crippen LogP contribution < -0.4 is 0 Å². The zero-order valence-corrected chi connectivity index (χ0v) is 38.8. The number of hydrogen-bond acceptors (Lipinski definition) is 18. The summed E-state index contributed by atoms with van der Waals surface area (Å²) in [5.74, 6) is -0.778. The number of aliphatic hydroxyl groups excluding tert-OH is 11. The molecule has 8 rings (SSSR count). The van der Waals surface area contributed by atoms with Crippen LogP contribution >= 0.6 is 0 Å². The number of aliphatic hydroxyl groups is 11. The number of fused-ring (bicyclic) bond motifs is 7. The lowest BCUT2D eigenvalue weighted by atomic mass is 9.33. The van der Waals surface area contributed by atoms with Crippen LogP contribution in [0.1, 0.15) is 106 Å². The molecule has 3 aliphatic heterocycles. The van der Waals surface area contributed by atoms with Crippen LogP contribution in [0.25, 0.3) is 0 Å². The fraction of sp³-hybridized carbons (Fsp3) is 0.936. The molecular weight excluding hydrogens is 852 g/mol. The summed E-state index contributed by atoms with van der Waals surface area (Å²) in [4.78, 5) is 14.7. The minimum absolute atomic E-state index is 0.160. The van der Waals surface area contributed by atoms with Gasteiger partial charge in [0.15, 0.2) is 12.6 Å². The topological polar surface area (TPSA) is 295 Å². The highest BCUT2D eigenvalue weighted by Gasteiger charge is 2.72. The minimum Gasteiger partial charge on any atom is -0.432 e. The Morgan fingerprint density at radius 1 is 0.677 bits per heavy atom. The molecule has 0 aromatic rings. The monoisotopic (exact) mass is 929 g/mol. The first-order valence-electron chi connectivity index (χ1n) is 23.8. The summed E-state index contributed by atoms with van der Waals surface area (Å²) in [6, 6.07) is 0. The Hall–Kier alpha value is -1.43. The standard InChI is InChI=1S/C47H76O18/c1-42(2)14-15-47(41(59)65-40-35(57)33(55)31(53)25(19-49)62-40)22(16-42)21-8-9-27-44(5)12-11-29(43(3,4)26(44)10-13-45(27,6)46(21,7)17-28(47)51)63-38-36(58)37(23(50)20-60-38)64-39-34(56)32(54)30(52)24(18-48)61-39/h8,22-40,48-58H,9-20H2,1-7H3/t22-,23-,24+,25+,26-,27+,28+,29-,30+,31+,32-,33-,34+,35+,36+,37-,38-,39-,40+,44-,45+,46+,47+/m0/s1. The van der Waals surface area contributed by atoms with Crippen LogP contribution in [0.15, 0.2) is 11.6 Å². The van der Waals surface area contributed by atoms with Crippen molar-refractivity contribution in [2.75, 3.05) is 19.8 Å². The summed E-state index contributed by atoms with van der Waals surface area (Å²) in [5.41, 5.74) is -1.81. The highest BCUT2D eigenvalue weighted by atomic mass is 16.7. The van der Waals surface area contributed by atoms with Gasteiger partial charge in [-0.1, -0.05) is 60.1 Å². The average Bonchev–Trinajstić information content (AvgIpc) is 3.24. The maximum atomic E-state index is 14.7. The van der Waals surface area contributed by atoms with Crippen molar-refractivity contribution in [1.82, 2.24) is 0 Å². The van der Waals surface area contributed by atoms with Gasteiger partial charge in [-0.15, -0.1) is 0 Å². The van der Waals surface area contributed by atoms with Gasteiger partial charge in [-0.05, 0) is 103 Å². The van der Waals surface area contributed by atoms with E-state index >= 15 is 0 Å². The molecule has 0 unspecified atom stereocenters. The molecule has 11 N–H and O–H groups in total. The van der Waals surface area contributed by atoms with E-state index < -0.39 is 133 Å². The van der Waals surface area contributed by atoms with Crippen molar-refractivity contribution in [2.24, 2.45) is 50.2 Å². The lowest BCUT2D eigenvalue weighted by Crippen LogP contribution is -2.68. The molecule has 0 amide bonds. The van der Waals surface area contributed by atoms with Gasteiger partial charge in [0, 0.05) is 0 Å². The van der Waals surface area contributed by atoms with E-state index in [4.69, 9.17) is 28.4 Å². The van der Waals surface area contributed by atoms with Gasteiger partial charge < -0.3 is 84.6 Å². The quantitative estimate of drug-likeness (QED) is 0.0850.